The fourth-order valence-electron chi connectivity index (χ4n) is 2.30. The second-order valence-corrected chi connectivity index (χ2v) is 6.50. The SMILES string of the molecule is CC(C)CCCC(=O)N[C@@H](CCC(N)=O)C(=O)OCc1ccccc1. The average Bonchev–Trinajstić information content (AvgIpc) is 2.56. The third kappa shape index (κ3) is 9.49. The van der Waals surface area contributed by atoms with E-state index in [2.05, 4.69) is 19.2 Å². The van der Waals surface area contributed by atoms with Crippen LogP contribution in [0.25, 0.3) is 0 Å². The third-order valence-electron chi connectivity index (χ3n) is 3.71. The summed E-state index contributed by atoms with van der Waals surface area (Å²) in [6.45, 7) is 4.30. The summed E-state index contributed by atoms with van der Waals surface area (Å²) in [5.41, 5.74) is 6.00. The van der Waals surface area contributed by atoms with Crippen LogP contribution in [0.4, 0.5) is 0 Å². The zero-order valence-electron chi connectivity index (χ0n) is 15.0. The Hall–Kier alpha value is -2.37. The molecule has 25 heavy (non-hydrogen) atoms. The van der Waals surface area contributed by atoms with Gasteiger partial charge in [-0.15, -0.1) is 0 Å². The van der Waals surface area contributed by atoms with E-state index in [0.29, 0.717) is 12.3 Å². The van der Waals surface area contributed by atoms with Crippen LogP contribution >= 0.6 is 0 Å². The standard InChI is InChI=1S/C19H28N2O4/c1-14(2)7-6-10-18(23)21-16(11-12-17(20)22)19(24)25-13-15-8-4-3-5-9-15/h3-5,8-9,14,16H,6-7,10-13H2,1-2H3,(H2,20,22)(H,21,23)/t16-/m0/s1. The van der Waals surface area contributed by atoms with Gasteiger partial charge in [0.05, 0.1) is 0 Å². The van der Waals surface area contributed by atoms with Crippen LogP contribution in [0.5, 0.6) is 0 Å². The van der Waals surface area contributed by atoms with Gasteiger partial charge in [0.25, 0.3) is 0 Å². The van der Waals surface area contributed by atoms with Gasteiger partial charge < -0.3 is 15.8 Å². The number of primary amides is 1. The number of ether oxygens (including phenoxy) is 1. The highest BCUT2D eigenvalue weighted by Crippen LogP contribution is 2.08. The number of nitrogens with two attached hydrogens (primary N) is 1. The number of esters is 1. The molecule has 0 saturated carbocycles. The van der Waals surface area contributed by atoms with Crippen molar-refractivity contribution < 1.29 is 19.1 Å². The van der Waals surface area contributed by atoms with Gasteiger partial charge in [0, 0.05) is 12.8 Å². The van der Waals surface area contributed by atoms with Crippen LogP contribution in [-0.2, 0) is 25.7 Å². The zero-order chi connectivity index (χ0) is 18.7. The molecule has 1 aromatic carbocycles. The first-order valence-corrected chi connectivity index (χ1v) is 8.66. The summed E-state index contributed by atoms with van der Waals surface area (Å²) in [6, 6.07) is 8.40. The van der Waals surface area contributed by atoms with E-state index >= 15 is 0 Å². The molecular formula is C19H28N2O4. The third-order valence-corrected chi connectivity index (χ3v) is 3.71. The lowest BCUT2D eigenvalue weighted by molar-refractivity contribution is -0.149. The maximum atomic E-state index is 12.3. The van der Waals surface area contributed by atoms with Crippen molar-refractivity contribution in [1.82, 2.24) is 5.32 Å². The highest BCUT2D eigenvalue weighted by Gasteiger charge is 2.22. The van der Waals surface area contributed by atoms with Crippen molar-refractivity contribution >= 4 is 17.8 Å². The van der Waals surface area contributed by atoms with Crippen molar-refractivity contribution in [2.45, 2.75) is 58.6 Å². The zero-order valence-corrected chi connectivity index (χ0v) is 15.0. The maximum Gasteiger partial charge on any atom is 0.328 e. The number of amides is 2. The minimum absolute atomic E-state index is 0.0113. The van der Waals surface area contributed by atoms with Crippen molar-refractivity contribution in [2.75, 3.05) is 0 Å². The summed E-state index contributed by atoms with van der Waals surface area (Å²) in [4.78, 5) is 35.3. The van der Waals surface area contributed by atoms with Crippen molar-refractivity contribution in [2.24, 2.45) is 11.7 Å². The Morgan fingerprint density at radius 1 is 1.08 bits per heavy atom. The summed E-state index contributed by atoms with van der Waals surface area (Å²) < 4.78 is 5.26. The number of benzene rings is 1. The molecule has 138 valence electrons. The lowest BCUT2D eigenvalue weighted by atomic mass is 10.1. The minimum atomic E-state index is -0.859. The van der Waals surface area contributed by atoms with Crippen LogP contribution in [-0.4, -0.2) is 23.8 Å². The molecule has 0 fully saturated rings. The van der Waals surface area contributed by atoms with E-state index in [9.17, 15) is 14.4 Å². The van der Waals surface area contributed by atoms with Gasteiger partial charge in [-0.25, -0.2) is 4.79 Å². The number of nitrogens with one attached hydrogen (secondary N) is 1. The van der Waals surface area contributed by atoms with Gasteiger partial charge >= 0.3 is 5.97 Å². The van der Waals surface area contributed by atoms with Crippen molar-refractivity contribution in [3.63, 3.8) is 0 Å². The Morgan fingerprint density at radius 2 is 1.76 bits per heavy atom. The lowest BCUT2D eigenvalue weighted by Crippen LogP contribution is -2.42. The number of hydrogen-bond donors (Lipinski definition) is 2. The molecule has 1 aromatic rings. The Kier molecular flexibility index (Phi) is 9.29. The second kappa shape index (κ2) is 11.2. The highest BCUT2D eigenvalue weighted by atomic mass is 16.5. The van der Waals surface area contributed by atoms with Gasteiger partial charge in [0.2, 0.25) is 11.8 Å². The molecule has 1 rings (SSSR count). The van der Waals surface area contributed by atoms with Crippen LogP contribution in [0.1, 0.15) is 51.5 Å². The van der Waals surface area contributed by atoms with Crippen molar-refractivity contribution in [1.29, 1.82) is 0 Å². The first kappa shape index (κ1) is 20.7. The van der Waals surface area contributed by atoms with Gasteiger partial charge in [-0.3, -0.25) is 9.59 Å². The largest absolute Gasteiger partial charge is 0.459 e. The first-order chi connectivity index (χ1) is 11.9. The van der Waals surface area contributed by atoms with E-state index in [1.54, 1.807) is 0 Å². The van der Waals surface area contributed by atoms with Crippen molar-refractivity contribution in [3.05, 3.63) is 35.9 Å². The molecule has 0 spiro atoms. The van der Waals surface area contributed by atoms with Gasteiger partial charge in [-0.1, -0.05) is 50.6 Å². The van der Waals surface area contributed by atoms with Gasteiger partial charge in [-0.2, -0.15) is 0 Å². The fourth-order valence-corrected chi connectivity index (χ4v) is 2.30. The molecule has 0 aliphatic heterocycles. The Morgan fingerprint density at radius 3 is 2.36 bits per heavy atom. The molecule has 0 bridgehead atoms. The van der Waals surface area contributed by atoms with Crippen LogP contribution in [0.2, 0.25) is 0 Å². The molecule has 0 radical (unpaired) electrons. The molecule has 0 unspecified atom stereocenters. The Balaban J connectivity index is 2.53. The predicted octanol–water partition coefficient (Wildman–Crippen LogP) is 2.31. The normalized spacial score (nSPS) is 11.8. The van der Waals surface area contributed by atoms with E-state index in [1.165, 1.54) is 0 Å². The first-order valence-electron chi connectivity index (χ1n) is 8.66. The summed E-state index contributed by atoms with van der Waals surface area (Å²) in [5.74, 6) is -0.765. The monoisotopic (exact) mass is 348 g/mol. The molecule has 0 aliphatic carbocycles. The van der Waals surface area contributed by atoms with Gasteiger partial charge in [0.15, 0.2) is 0 Å². The minimum Gasteiger partial charge on any atom is -0.459 e. The Labute approximate surface area is 149 Å². The Bertz CT molecular complexity index is 558. The van der Waals surface area contributed by atoms with Gasteiger partial charge in [0.1, 0.15) is 12.6 Å². The predicted molar refractivity (Wildman–Crippen MR) is 95.3 cm³/mol. The van der Waals surface area contributed by atoms with Gasteiger partial charge in [-0.05, 0) is 24.3 Å². The summed E-state index contributed by atoms with van der Waals surface area (Å²) in [5, 5.41) is 2.66. The molecule has 1 atom stereocenters. The average molecular weight is 348 g/mol. The second-order valence-electron chi connectivity index (χ2n) is 6.50. The summed E-state index contributed by atoms with van der Waals surface area (Å²) in [7, 11) is 0. The molecule has 0 heterocycles. The molecule has 2 amide bonds. The number of carbonyl (C=O) groups excluding carboxylic acids is 3. The van der Waals surface area contributed by atoms with E-state index in [4.69, 9.17) is 10.5 Å². The summed E-state index contributed by atoms with van der Waals surface area (Å²) >= 11 is 0. The number of carbonyl (C=O) groups is 3. The molecule has 0 aromatic heterocycles. The molecule has 0 aliphatic rings. The van der Waals surface area contributed by atoms with Crippen LogP contribution in [0, 0.1) is 5.92 Å². The summed E-state index contributed by atoms with van der Waals surface area (Å²) in [6.07, 6.45) is 2.19. The number of rotatable bonds is 11. The molecule has 0 saturated heterocycles. The molecule has 3 N–H and O–H groups in total. The number of hydrogen-bond acceptors (Lipinski definition) is 4. The quantitative estimate of drug-likeness (QED) is 0.600. The molecule has 6 heteroatoms. The maximum absolute atomic E-state index is 12.3. The fraction of sp³-hybridized carbons (Fsp3) is 0.526. The van der Waals surface area contributed by atoms with Crippen LogP contribution < -0.4 is 11.1 Å². The topological polar surface area (TPSA) is 98.5 Å². The van der Waals surface area contributed by atoms with E-state index in [-0.39, 0.29) is 25.4 Å². The van der Waals surface area contributed by atoms with E-state index in [1.807, 2.05) is 30.3 Å². The van der Waals surface area contributed by atoms with E-state index in [0.717, 1.165) is 18.4 Å². The van der Waals surface area contributed by atoms with E-state index < -0.39 is 17.9 Å². The molecule has 6 nitrogen and oxygen atoms in total. The lowest BCUT2D eigenvalue weighted by Gasteiger charge is -2.17. The smallest absolute Gasteiger partial charge is 0.328 e. The van der Waals surface area contributed by atoms with Crippen molar-refractivity contribution in [3.8, 4) is 0 Å². The van der Waals surface area contributed by atoms with Crippen LogP contribution in [0.15, 0.2) is 30.3 Å². The van der Waals surface area contributed by atoms with Crippen LogP contribution in [0.3, 0.4) is 0 Å². The highest BCUT2D eigenvalue weighted by molar-refractivity contribution is 5.85. The molecular weight excluding hydrogens is 320 g/mol.